The van der Waals surface area contributed by atoms with Crippen LogP contribution in [0.25, 0.3) is 16.5 Å². The van der Waals surface area contributed by atoms with Gasteiger partial charge in [0.25, 0.3) is 5.56 Å². The van der Waals surface area contributed by atoms with E-state index in [1.807, 2.05) is 0 Å². The number of nitrogens with zero attached hydrogens (tertiary/aromatic N) is 1. The molecular formula is C16H9F2NO3. The zero-order valence-corrected chi connectivity index (χ0v) is 11.1. The zero-order valence-electron chi connectivity index (χ0n) is 11.1. The van der Waals surface area contributed by atoms with E-state index in [1.165, 1.54) is 12.1 Å². The van der Waals surface area contributed by atoms with E-state index in [1.54, 1.807) is 12.1 Å². The van der Waals surface area contributed by atoms with Crippen molar-refractivity contribution in [2.24, 2.45) is 0 Å². The number of rotatable bonds is 2. The Morgan fingerprint density at radius 1 is 1.05 bits per heavy atom. The second kappa shape index (κ2) is 5.07. The maximum absolute atomic E-state index is 13.9. The maximum atomic E-state index is 13.9. The Morgan fingerprint density at radius 3 is 2.36 bits per heavy atom. The Kier molecular flexibility index (Phi) is 3.21. The van der Waals surface area contributed by atoms with Crippen molar-refractivity contribution in [1.82, 2.24) is 4.57 Å². The predicted octanol–water partition coefficient (Wildman–Crippen LogP) is 2.97. The quantitative estimate of drug-likeness (QED) is 0.791. The Bertz CT molecular complexity index is 963. The molecule has 0 bridgehead atoms. The van der Waals surface area contributed by atoms with Crippen LogP contribution in [0.15, 0.2) is 53.5 Å². The van der Waals surface area contributed by atoms with Gasteiger partial charge in [0.1, 0.15) is 11.6 Å². The third-order valence-electron chi connectivity index (χ3n) is 3.32. The van der Waals surface area contributed by atoms with Crippen LogP contribution >= 0.6 is 0 Å². The highest BCUT2D eigenvalue weighted by Gasteiger charge is 2.16. The molecule has 3 aromatic rings. The topological polar surface area (TPSA) is 59.3 Å². The number of aromatic carboxylic acids is 1. The van der Waals surface area contributed by atoms with Gasteiger partial charge in [-0.05, 0) is 18.2 Å². The number of aromatic nitrogens is 1. The highest BCUT2D eigenvalue weighted by molar-refractivity contribution is 6.03. The van der Waals surface area contributed by atoms with E-state index in [0.29, 0.717) is 6.07 Å². The van der Waals surface area contributed by atoms with Gasteiger partial charge in [-0.3, -0.25) is 9.36 Å². The molecule has 0 unspecified atom stereocenters. The van der Waals surface area contributed by atoms with Crippen LogP contribution in [-0.4, -0.2) is 15.6 Å². The fourth-order valence-electron chi connectivity index (χ4n) is 2.32. The first kappa shape index (κ1) is 13.9. The summed E-state index contributed by atoms with van der Waals surface area (Å²) in [5.74, 6) is -2.98. The summed E-state index contributed by atoms with van der Waals surface area (Å²) in [5.41, 5.74) is -0.926. The van der Waals surface area contributed by atoms with Gasteiger partial charge < -0.3 is 5.11 Å². The van der Waals surface area contributed by atoms with E-state index >= 15 is 0 Å². The van der Waals surface area contributed by atoms with Gasteiger partial charge in [0.05, 0.1) is 11.3 Å². The lowest BCUT2D eigenvalue weighted by Gasteiger charge is -2.11. The lowest BCUT2D eigenvalue weighted by Crippen LogP contribution is -2.21. The Labute approximate surface area is 122 Å². The molecule has 0 aliphatic carbocycles. The monoisotopic (exact) mass is 301 g/mol. The van der Waals surface area contributed by atoms with E-state index in [-0.39, 0.29) is 22.0 Å². The third kappa shape index (κ3) is 2.14. The van der Waals surface area contributed by atoms with Crippen molar-refractivity contribution in [3.63, 3.8) is 0 Å². The van der Waals surface area contributed by atoms with Crippen LogP contribution in [0, 0.1) is 11.6 Å². The number of halogens is 2. The summed E-state index contributed by atoms with van der Waals surface area (Å²) in [6, 6.07) is 8.88. The number of carbonyl (C=O) groups is 1. The average molecular weight is 301 g/mol. The molecule has 0 amide bonds. The standard InChI is InChI=1S/C16H9F2NO3/c17-9-5-6-14(13(18)7-9)19-8-12(16(21)22)10-3-1-2-4-11(10)15(19)20/h1-8H,(H,21,22). The second-order valence-electron chi connectivity index (χ2n) is 4.66. The summed E-state index contributed by atoms with van der Waals surface area (Å²) in [5, 5.41) is 9.70. The number of fused-ring (bicyclic) bond motifs is 1. The lowest BCUT2D eigenvalue weighted by atomic mass is 10.1. The van der Waals surface area contributed by atoms with Crippen molar-refractivity contribution in [2.45, 2.75) is 0 Å². The summed E-state index contributed by atoms with van der Waals surface area (Å²) in [7, 11) is 0. The fraction of sp³-hybridized carbons (Fsp3) is 0. The predicted molar refractivity (Wildman–Crippen MR) is 76.4 cm³/mol. The molecule has 110 valence electrons. The van der Waals surface area contributed by atoms with E-state index in [2.05, 4.69) is 0 Å². The number of pyridine rings is 1. The molecule has 4 nitrogen and oxygen atoms in total. The van der Waals surface area contributed by atoms with Crippen LogP contribution in [-0.2, 0) is 0 Å². The highest BCUT2D eigenvalue weighted by Crippen LogP contribution is 2.19. The molecule has 2 aromatic carbocycles. The molecule has 6 heteroatoms. The second-order valence-corrected chi connectivity index (χ2v) is 4.66. The third-order valence-corrected chi connectivity index (χ3v) is 3.32. The maximum Gasteiger partial charge on any atom is 0.337 e. The normalized spacial score (nSPS) is 10.8. The first-order chi connectivity index (χ1) is 10.5. The van der Waals surface area contributed by atoms with E-state index in [9.17, 15) is 23.5 Å². The molecule has 1 heterocycles. The molecule has 0 atom stereocenters. The summed E-state index contributed by atoms with van der Waals surface area (Å²) < 4.78 is 27.8. The van der Waals surface area contributed by atoms with E-state index in [0.717, 1.165) is 22.9 Å². The fourth-order valence-corrected chi connectivity index (χ4v) is 2.32. The van der Waals surface area contributed by atoms with Crippen LogP contribution in [0.5, 0.6) is 0 Å². The molecular weight excluding hydrogens is 292 g/mol. The molecule has 0 saturated carbocycles. The molecule has 0 spiro atoms. The SMILES string of the molecule is O=C(O)c1cn(-c2ccc(F)cc2F)c(=O)c2ccccc12. The number of hydrogen-bond acceptors (Lipinski definition) is 2. The number of hydrogen-bond donors (Lipinski definition) is 1. The van der Waals surface area contributed by atoms with Gasteiger partial charge in [0.2, 0.25) is 0 Å². The van der Waals surface area contributed by atoms with Gasteiger partial charge in [0.15, 0.2) is 0 Å². The minimum atomic E-state index is -1.24. The lowest BCUT2D eigenvalue weighted by molar-refractivity contribution is 0.0698. The highest BCUT2D eigenvalue weighted by atomic mass is 19.1. The van der Waals surface area contributed by atoms with Crippen LogP contribution < -0.4 is 5.56 Å². The minimum absolute atomic E-state index is 0.140. The molecule has 3 rings (SSSR count). The Morgan fingerprint density at radius 2 is 1.73 bits per heavy atom. The van der Waals surface area contributed by atoms with Gasteiger partial charge in [0, 0.05) is 23.0 Å². The first-order valence-corrected chi connectivity index (χ1v) is 6.32. The molecule has 0 aliphatic rings. The molecule has 0 saturated heterocycles. The number of benzene rings is 2. The molecule has 0 fully saturated rings. The van der Waals surface area contributed by atoms with Gasteiger partial charge in [-0.1, -0.05) is 18.2 Å². The molecule has 0 radical (unpaired) electrons. The van der Waals surface area contributed by atoms with Crippen LogP contribution in [0.2, 0.25) is 0 Å². The van der Waals surface area contributed by atoms with Crippen molar-refractivity contribution in [2.75, 3.05) is 0 Å². The van der Waals surface area contributed by atoms with Crippen LogP contribution in [0.1, 0.15) is 10.4 Å². The molecule has 1 N–H and O–H groups in total. The summed E-state index contributed by atoms with van der Waals surface area (Å²) in [6.45, 7) is 0. The van der Waals surface area contributed by atoms with Crippen molar-refractivity contribution >= 4 is 16.7 Å². The summed E-state index contributed by atoms with van der Waals surface area (Å²) in [6.07, 6.45) is 1.04. The summed E-state index contributed by atoms with van der Waals surface area (Å²) >= 11 is 0. The zero-order chi connectivity index (χ0) is 15.9. The van der Waals surface area contributed by atoms with Crippen LogP contribution in [0.4, 0.5) is 8.78 Å². The largest absolute Gasteiger partial charge is 0.478 e. The van der Waals surface area contributed by atoms with Crippen molar-refractivity contribution < 1.29 is 18.7 Å². The number of carboxylic acids is 1. The minimum Gasteiger partial charge on any atom is -0.478 e. The van der Waals surface area contributed by atoms with Crippen molar-refractivity contribution in [3.8, 4) is 5.69 Å². The number of carboxylic acid groups (broad SMARTS) is 1. The van der Waals surface area contributed by atoms with Gasteiger partial charge in [-0.2, -0.15) is 0 Å². The Balaban J connectivity index is 2.42. The first-order valence-electron chi connectivity index (χ1n) is 6.32. The average Bonchev–Trinajstić information content (AvgIpc) is 2.48. The molecule has 22 heavy (non-hydrogen) atoms. The van der Waals surface area contributed by atoms with Crippen molar-refractivity contribution in [1.29, 1.82) is 0 Å². The molecule has 0 aliphatic heterocycles. The Hall–Kier alpha value is -3.02. The van der Waals surface area contributed by atoms with Gasteiger partial charge in [-0.15, -0.1) is 0 Å². The van der Waals surface area contributed by atoms with E-state index in [4.69, 9.17) is 0 Å². The van der Waals surface area contributed by atoms with Crippen LogP contribution in [0.3, 0.4) is 0 Å². The van der Waals surface area contributed by atoms with Crippen molar-refractivity contribution in [3.05, 3.63) is 76.2 Å². The van der Waals surface area contributed by atoms with Gasteiger partial charge >= 0.3 is 5.97 Å². The van der Waals surface area contributed by atoms with Gasteiger partial charge in [-0.25, -0.2) is 13.6 Å². The molecule has 1 aromatic heterocycles. The smallest absolute Gasteiger partial charge is 0.337 e. The van der Waals surface area contributed by atoms with E-state index < -0.39 is 23.2 Å². The summed E-state index contributed by atoms with van der Waals surface area (Å²) in [4.78, 5) is 23.8.